The lowest BCUT2D eigenvalue weighted by molar-refractivity contribution is 0.0908. The average Bonchev–Trinajstić information content (AvgIpc) is 2.66. The van der Waals surface area contributed by atoms with Crippen molar-refractivity contribution in [1.82, 2.24) is 9.88 Å². The minimum absolute atomic E-state index is 0.173. The molecule has 2 aromatic rings. The first kappa shape index (κ1) is 13.4. The maximum atomic E-state index is 12.2. The van der Waals surface area contributed by atoms with Gasteiger partial charge in [-0.05, 0) is 38.1 Å². The minimum atomic E-state index is -0.449. The molecule has 102 valence electrons. The second-order valence-electron chi connectivity index (χ2n) is 5.37. The molecule has 0 aliphatic heterocycles. The maximum Gasteiger partial charge on any atom is 0.268 e. The molecule has 1 heterocycles. The number of aryl methyl sites for hydroxylation is 1. The Bertz CT molecular complexity index is 629. The van der Waals surface area contributed by atoms with E-state index < -0.39 is 5.54 Å². The first-order valence-electron chi connectivity index (χ1n) is 6.15. The standard InChI is InChI=1S/C14H19N3O2/c1-14(2,8-15)16-13(19)12-7-9-6-10(18)4-5-11(9)17(12)3/h4-7,18H,8,15H2,1-3H3,(H,16,19). The van der Waals surface area contributed by atoms with Crippen LogP contribution in [0, 0.1) is 0 Å². The summed E-state index contributed by atoms with van der Waals surface area (Å²) in [4.78, 5) is 12.2. The van der Waals surface area contributed by atoms with Gasteiger partial charge in [0.25, 0.3) is 5.91 Å². The number of phenols is 1. The number of phenolic OH excluding ortho intramolecular Hbond substituents is 1. The molecule has 19 heavy (non-hydrogen) atoms. The molecule has 0 atom stereocenters. The van der Waals surface area contributed by atoms with Crippen LogP contribution >= 0.6 is 0 Å². The molecule has 0 fully saturated rings. The van der Waals surface area contributed by atoms with E-state index in [9.17, 15) is 9.90 Å². The molecule has 0 spiro atoms. The summed E-state index contributed by atoms with van der Waals surface area (Å²) in [6.07, 6.45) is 0. The van der Waals surface area contributed by atoms with Gasteiger partial charge in [-0.2, -0.15) is 0 Å². The van der Waals surface area contributed by atoms with Crippen molar-refractivity contribution in [2.75, 3.05) is 6.54 Å². The number of aromatic nitrogens is 1. The molecule has 4 N–H and O–H groups in total. The van der Waals surface area contributed by atoms with Crippen molar-refractivity contribution < 1.29 is 9.90 Å². The van der Waals surface area contributed by atoms with E-state index in [-0.39, 0.29) is 11.7 Å². The van der Waals surface area contributed by atoms with Gasteiger partial charge in [0, 0.05) is 30.0 Å². The summed E-state index contributed by atoms with van der Waals surface area (Å²) in [5.74, 6) is 0.0148. The van der Waals surface area contributed by atoms with Crippen LogP contribution in [0.25, 0.3) is 10.9 Å². The van der Waals surface area contributed by atoms with Crippen molar-refractivity contribution in [2.45, 2.75) is 19.4 Å². The van der Waals surface area contributed by atoms with Gasteiger partial charge < -0.3 is 20.7 Å². The molecule has 0 saturated carbocycles. The van der Waals surface area contributed by atoms with Crippen molar-refractivity contribution >= 4 is 16.8 Å². The molecule has 0 aliphatic carbocycles. The number of amides is 1. The SMILES string of the molecule is Cn1c(C(=O)NC(C)(C)CN)cc2cc(O)ccc21. The summed E-state index contributed by atoms with van der Waals surface area (Å²) in [7, 11) is 1.82. The van der Waals surface area contributed by atoms with E-state index in [1.54, 1.807) is 28.8 Å². The molecule has 0 saturated heterocycles. The van der Waals surface area contributed by atoms with E-state index in [0.29, 0.717) is 12.2 Å². The molecule has 1 amide bonds. The van der Waals surface area contributed by atoms with Gasteiger partial charge >= 0.3 is 0 Å². The molecule has 0 bridgehead atoms. The number of nitrogens with one attached hydrogen (secondary N) is 1. The van der Waals surface area contributed by atoms with Crippen molar-refractivity contribution in [3.8, 4) is 5.75 Å². The predicted molar refractivity (Wildman–Crippen MR) is 75.2 cm³/mol. The highest BCUT2D eigenvalue weighted by Gasteiger charge is 2.21. The fourth-order valence-electron chi connectivity index (χ4n) is 1.98. The van der Waals surface area contributed by atoms with Crippen LogP contribution in [0.2, 0.25) is 0 Å². The van der Waals surface area contributed by atoms with E-state index in [2.05, 4.69) is 5.32 Å². The number of aromatic hydroxyl groups is 1. The monoisotopic (exact) mass is 261 g/mol. The number of carbonyl (C=O) groups excluding carboxylic acids is 1. The normalized spacial score (nSPS) is 11.8. The van der Waals surface area contributed by atoms with Gasteiger partial charge in [-0.15, -0.1) is 0 Å². The number of fused-ring (bicyclic) bond motifs is 1. The number of hydrogen-bond donors (Lipinski definition) is 3. The Morgan fingerprint density at radius 1 is 1.42 bits per heavy atom. The highest BCUT2D eigenvalue weighted by molar-refractivity contribution is 5.99. The first-order chi connectivity index (χ1) is 8.84. The maximum absolute atomic E-state index is 12.2. The Balaban J connectivity index is 2.40. The lowest BCUT2D eigenvalue weighted by Gasteiger charge is -2.24. The Morgan fingerprint density at radius 3 is 2.74 bits per heavy atom. The topological polar surface area (TPSA) is 80.3 Å². The van der Waals surface area contributed by atoms with Gasteiger partial charge in [-0.25, -0.2) is 0 Å². The summed E-state index contributed by atoms with van der Waals surface area (Å²) in [5, 5.41) is 13.2. The molecular weight excluding hydrogens is 242 g/mol. The van der Waals surface area contributed by atoms with Crippen LogP contribution in [-0.2, 0) is 7.05 Å². The third-order valence-electron chi connectivity index (χ3n) is 3.22. The summed E-state index contributed by atoms with van der Waals surface area (Å²) in [6, 6.07) is 6.79. The van der Waals surface area contributed by atoms with E-state index in [1.165, 1.54) is 0 Å². The Morgan fingerprint density at radius 2 is 2.11 bits per heavy atom. The molecule has 5 nitrogen and oxygen atoms in total. The van der Waals surface area contributed by atoms with E-state index >= 15 is 0 Å². The molecule has 0 aliphatic rings. The Labute approximate surface area is 112 Å². The van der Waals surface area contributed by atoms with E-state index in [4.69, 9.17) is 5.73 Å². The quantitative estimate of drug-likeness (QED) is 0.780. The third kappa shape index (κ3) is 2.56. The van der Waals surface area contributed by atoms with Crippen LogP contribution < -0.4 is 11.1 Å². The summed E-state index contributed by atoms with van der Waals surface area (Å²) in [6.45, 7) is 4.11. The number of carbonyl (C=O) groups is 1. The van der Waals surface area contributed by atoms with Crippen molar-refractivity contribution in [3.05, 3.63) is 30.0 Å². The van der Waals surface area contributed by atoms with Gasteiger partial charge in [-0.1, -0.05) is 0 Å². The smallest absolute Gasteiger partial charge is 0.268 e. The van der Waals surface area contributed by atoms with Gasteiger partial charge in [0.2, 0.25) is 0 Å². The predicted octanol–water partition coefficient (Wildman–Crippen LogP) is 1.35. The fourth-order valence-corrected chi connectivity index (χ4v) is 1.98. The van der Waals surface area contributed by atoms with Crippen LogP contribution in [0.1, 0.15) is 24.3 Å². The highest BCUT2D eigenvalue weighted by Crippen LogP contribution is 2.23. The van der Waals surface area contributed by atoms with Gasteiger partial charge in [0.15, 0.2) is 0 Å². The second kappa shape index (κ2) is 4.59. The summed E-state index contributed by atoms with van der Waals surface area (Å²) < 4.78 is 1.80. The van der Waals surface area contributed by atoms with Crippen LogP contribution in [-0.4, -0.2) is 27.7 Å². The first-order valence-corrected chi connectivity index (χ1v) is 6.15. The molecule has 5 heteroatoms. The molecule has 0 unspecified atom stereocenters. The number of benzene rings is 1. The summed E-state index contributed by atoms with van der Waals surface area (Å²) >= 11 is 0. The zero-order valence-electron chi connectivity index (χ0n) is 11.4. The molecule has 0 radical (unpaired) electrons. The number of rotatable bonds is 3. The molecular formula is C14H19N3O2. The third-order valence-corrected chi connectivity index (χ3v) is 3.22. The van der Waals surface area contributed by atoms with Gasteiger partial charge in [0.05, 0.1) is 0 Å². The van der Waals surface area contributed by atoms with Gasteiger partial charge in [-0.3, -0.25) is 4.79 Å². The number of nitrogens with two attached hydrogens (primary N) is 1. The van der Waals surface area contributed by atoms with Crippen LogP contribution in [0.15, 0.2) is 24.3 Å². The van der Waals surface area contributed by atoms with Crippen molar-refractivity contribution in [1.29, 1.82) is 0 Å². The van der Waals surface area contributed by atoms with Crippen LogP contribution in [0.5, 0.6) is 5.75 Å². The zero-order valence-corrected chi connectivity index (χ0v) is 11.4. The van der Waals surface area contributed by atoms with E-state index in [1.807, 2.05) is 20.9 Å². The highest BCUT2D eigenvalue weighted by atomic mass is 16.3. The number of hydrogen-bond acceptors (Lipinski definition) is 3. The summed E-state index contributed by atoms with van der Waals surface area (Å²) in [5.41, 5.74) is 6.60. The Hall–Kier alpha value is -2.01. The molecule has 1 aromatic carbocycles. The largest absolute Gasteiger partial charge is 0.508 e. The molecule has 1 aromatic heterocycles. The van der Waals surface area contributed by atoms with Crippen molar-refractivity contribution in [2.24, 2.45) is 12.8 Å². The number of nitrogens with zero attached hydrogens (tertiary/aromatic N) is 1. The fraction of sp³-hybridized carbons (Fsp3) is 0.357. The minimum Gasteiger partial charge on any atom is -0.508 e. The zero-order chi connectivity index (χ0) is 14.2. The second-order valence-corrected chi connectivity index (χ2v) is 5.37. The van der Waals surface area contributed by atoms with Crippen LogP contribution in [0.4, 0.5) is 0 Å². The van der Waals surface area contributed by atoms with Gasteiger partial charge in [0.1, 0.15) is 11.4 Å². The van der Waals surface area contributed by atoms with E-state index in [0.717, 1.165) is 10.9 Å². The Kier molecular flexibility index (Phi) is 3.24. The average molecular weight is 261 g/mol. The lowest BCUT2D eigenvalue weighted by Crippen LogP contribution is -2.49. The van der Waals surface area contributed by atoms with Crippen molar-refractivity contribution in [3.63, 3.8) is 0 Å². The van der Waals surface area contributed by atoms with Crippen LogP contribution in [0.3, 0.4) is 0 Å². The molecule has 2 rings (SSSR count). The lowest BCUT2D eigenvalue weighted by atomic mass is 10.1.